The van der Waals surface area contributed by atoms with Crippen LogP contribution in [0.2, 0.25) is 0 Å². The number of nitrogens with zero attached hydrogens (tertiary/aromatic N) is 3. The smallest absolute Gasteiger partial charge is 0.227 e. The maximum Gasteiger partial charge on any atom is 0.227 e. The van der Waals surface area contributed by atoms with Gasteiger partial charge in [0.2, 0.25) is 5.91 Å². The third kappa shape index (κ3) is 4.53. The third-order valence-electron chi connectivity index (χ3n) is 5.71. The van der Waals surface area contributed by atoms with Crippen LogP contribution < -0.4 is 9.80 Å². The second-order valence-corrected chi connectivity index (χ2v) is 8.54. The second-order valence-electron chi connectivity index (χ2n) is 7.50. The van der Waals surface area contributed by atoms with Gasteiger partial charge in [0.25, 0.3) is 0 Å². The molecule has 1 fully saturated rings. The van der Waals surface area contributed by atoms with Gasteiger partial charge < -0.3 is 14.7 Å². The zero-order chi connectivity index (χ0) is 18.5. The van der Waals surface area contributed by atoms with Crippen molar-refractivity contribution in [3.63, 3.8) is 0 Å². The van der Waals surface area contributed by atoms with E-state index < -0.39 is 0 Å². The zero-order valence-corrected chi connectivity index (χ0v) is 16.8. The van der Waals surface area contributed by atoms with Crippen molar-refractivity contribution in [2.45, 2.75) is 32.1 Å². The number of likely N-dealkylation sites (tertiary alicyclic amines) is 1. The molecular formula is C22H29N3OS. The molecule has 5 heteroatoms. The van der Waals surface area contributed by atoms with Gasteiger partial charge >= 0.3 is 0 Å². The molecule has 0 saturated carbocycles. The monoisotopic (exact) mass is 383 g/mol. The molecule has 1 aromatic heterocycles. The molecular weight excluding hydrogens is 354 g/mol. The predicted octanol–water partition coefficient (Wildman–Crippen LogP) is 4.02. The molecule has 0 spiro atoms. The predicted molar refractivity (Wildman–Crippen MR) is 114 cm³/mol. The summed E-state index contributed by atoms with van der Waals surface area (Å²) in [7, 11) is 0. The number of thiophene rings is 1. The summed E-state index contributed by atoms with van der Waals surface area (Å²) < 4.78 is 0. The molecule has 2 aliphatic heterocycles. The minimum absolute atomic E-state index is 0.242. The molecule has 1 saturated heterocycles. The summed E-state index contributed by atoms with van der Waals surface area (Å²) in [6, 6.07) is 12.6. The van der Waals surface area contributed by atoms with Crippen molar-refractivity contribution in [3.05, 3.63) is 46.7 Å². The molecule has 1 amide bonds. The molecule has 0 N–H and O–H groups in total. The second kappa shape index (κ2) is 8.89. The molecule has 2 aromatic rings. The summed E-state index contributed by atoms with van der Waals surface area (Å²) in [5, 5.41) is 2.08. The van der Waals surface area contributed by atoms with E-state index in [1.54, 1.807) is 11.3 Å². The molecule has 0 atom stereocenters. The number of carbonyl (C=O) groups is 1. The number of rotatable bonds is 6. The van der Waals surface area contributed by atoms with Gasteiger partial charge in [0.1, 0.15) is 0 Å². The fraction of sp³-hybridized carbons (Fsp3) is 0.500. The highest BCUT2D eigenvalue weighted by molar-refractivity contribution is 7.09. The van der Waals surface area contributed by atoms with E-state index in [9.17, 15) is 4.79 Å². The standard InChI is InChI=1S/C22H29N3OS/c26-22(11-10-19-7-6-18-27-19)25-17-16-24(20-8-2-3-9-21(20)25)15-14-23-12-4-1-5-13-23/h2-3,6-9,18H,1,4-5,10-17H2. The summed E-state index contributed by atoms with van der Waals surface area (Å²) in [6.45, 7) is 6.37. The fourth-order valence-corrected chi connectivity index (χ4v) is 4.89. The first-order valence-corrected chi connectivity index (χ1v) is 11.1. The van der Waals surface area contributed by atoms with Crippen LogP contribution in [0.5, 0.6) is 0 Å². The Morgan fingerprint density at radius 3 is 2.48 bits per heavy atom. The normalized spacial score (nSPS) is 17.8. The molecule has 3 heterocycles. The van der Waals surface area contributed by atoms with Crippen LogP contribution in [-0.2, 0) is 11.2 Å². The lowest BCUT2D eigenvalue weighted by atomic mass is 10.1. The summed E-state index contributed by atoms with van der Waals surface area (Å²) >= 11 is 1.73. The van der Waals surface area contributed by atoms with E-state index in [0.717, 1.165) is 38.3 Å². The van der Waals surface area contributed by atoms with Crippen molar-refractivity contribution in [2.24, 2.45) is 0 Å². The maximum atomic E-state index is 12.9. The number of amides is 1. The van der Waals surface area contributed by atoms with Crippen LogP contribution >= 0.6 is 11.3 Å². The third-order valence-corrected chi connectivity index (χ3v) is 6.64. The van der Waals surface area contributed by atoms with E-state index in [2.05, 4.69) is 45.5 Å². The largest absolute Gasteiger partial charge is 0.367 e. The van der Waals surface area contributed by atoms with E-state index in [4.69, 9.17) is 0 Å². The number of benzene rings is 1. The van der Waals surface area contributed by atoms with Crippen molar-refractivity contribution in [2.75, 3.05) is 49.1 Å². The van der Waals surface area contributed by atoms with Crippen molar-refractivity contribution in [3.8, 4) is 0 Å². The number of hydrogen-bond acceptors (Lipinski definition) is 4. The van der Waals surface area contributed by atoms with Gasteiger partial charge in [-0.1, -0.05) is 24.6 Å². The van der Waals surface area contributed by atoms with Crippen LogP contribution in [0.3, 0.4) is 0 Å². The van der Waals surface area contributed by atoms with Crippen molar-refractivity contribution >= 4 is 28.6 Å². The number of aryl methyl sites for hydroxylation is 1. The van der Waals surface area contributed by atoms with E-state index in [1.165, 1.54) is 42.9 Å². The highest BCUT2D eigenvalue weighted by atomic mass is 32.1. The van der Waals surface area contributed by atoms with E-state index in [0.29, 0.717) is 6.42 Å². The van der Waals surface area contributed by atoms with E-state index in [1.807, 2.05) is 11.0 Å². The summed E-state index contributed by atoms with van der Waals surface area (Å²) in [4.78, 5) is 21.2. The summed E-state index contributed by atoms with van der Waals surface area (Å²) in [5.74, 6) is 0.242. The van der Waals surface area contributed by atoms with Crippen molar-refractivity contribution < 1.29 is 4.79 Å². The van der Waals surface area contributed by atoms with Gasteiger partial charge in [0.05, 0.1) is 11.4 Å². The van der Waals surface area contributed by atoms with Crippen LogP contribution in [0.25, 0.3) is 0 Å². The minimum Gasteiger partial charge on any atom is -0.367 e. The fourth-order valence-electron chi connectivity index (χ4n) is 4.18. The number of para-hydroxylation sites is 2. The molecule has 144 valence electrons. The molecule has 2 aliphatic rings. The molecule has 4 rings (SSSR count). The first-order valence-electron chi connectivity index (χ1n) is 10.2. The SMILES string of the molecule is O=C(CCc1cccs1)N1CCN(CCN2CCCCC2)c2ccccc21. The average Bonchev–Trinajstić information content (AvgIpc) is 3.24. The Morgan fingerprint density at radius 1 is 0.889 bits per heavy atom. The maximum absolute atomic E-state index is 12.9. The lowest BCUT2D eigenvalue weighted by Crippen LogP contribution is -2.46. The van der Waals surface area contributed by atoms with Crippen molar-refractivity contribution in [1.82, 2.24) is 4.90 Å². The Labute approximate surface area is 166 Å². The van der Waals surface area contributed by atoms with Crippen LogP contribution in [0, 0.1) is 0 Å². The number of fused-ring (bicyclic) bond motifs is 1. The first-order chi connectivity index (χ1) is 13.3. The van der Waals surface area contributed by atoms with Crippen LogP contribution in [0.15, 0.2) is 41.8 Å². The van der Waals surface area contributed by atoms with Crippen LogP contribution in [0.4, 0.5) is 11.4 Å². The molecule has 1 aromatic carbocycles. The van der Waals surface area contributed by atoms with Gasteiger partial charge in [-0.2, -0.15) is 0 Å². The Hall–Kier alpha value is -1.85. The number of carbonyl (C=O) groups excluding carboxylic acids is 1. The number of hydrogen-bond donors (Lipinski definition) is 0. The molecule has 0 aliphatic carbocycles. The van der Waals surface area contributed by atoms with E-state index in [-0.39, 0.29) is 5.91 Å². The highest BCUT2D eigenvalue weighted by Gasteiger charge is 2.26. The Morgan fingerprint density at radius 2 is 1.70 bits per heavy atom. The van der Waals surface area contributed by atoms with Gasteiger partial charge in [0, 0.05) is 37.5 Å². The number of piperidine rings is 1. The molecule has 0 radical (unpaired) electrons. The topological polar surface area (TPSA) is 26.8 Å². The quantitative estimate of drug-likeness (QED) is 0.754. The summed E-state index contributed by atoms with van der Waals surface area (Å²) in [6.07, 6.45) is 5.48. The molecule has 27 heavy (non-hydrogen) atoms. The highest BCUT2D eigenvalue weighted by Crippen LogP contribution is 2.33. The van der Waals surface area contributed by atoms with Gasteiger partial charge in [-0.05, 0) is 55.9 Å². The Kier molecular flexibility index (Phi) is 6.10. The van der Waals surface area contributed by atoms with Gasteiger partial charge in [-0.3, -0.25) is 4.79 Å². The Balaban J connectivity index is 1.40. The van der Waals surface area contributed by atoms with Gasteiger partial charge in [-0.15, -0.1) is 11.3 Å². The molecule has 0 unspecified atom stereocenters. The van der Waals surface area contributed by atoms with Gasteiger partial charge in [0.15, 0.2) is 0 Å². The molecule has 0 bridgehead atoms. The minimum atomic E-state index is 0.242. The lowest BCUT2D eigenvalue weighted by Gasteiger charge is -2.39. The van der Waals surface area contributed by atoms with Gasteiger partial charge in [-0.25, -0.2) is 0 Å². The average molecular weight is 384 g/mol. The Bertz CT molecular complexity index is 740. The van der Waals surface area contributed by atoms with E-state index >= 15 is 0 Å². The van der Waals surface area contributed by atoms with Crippen LogP contribution in [0.1, 0.15) is 30.6 Å². The first kappa shape index (κ1) is 18.5. The van der Waals surface area contributed by atoms with Crippen LogP contribution in [-0.4, -0.2) is 50.1 Å². The summed E-state index contributed by atoms with van der Waals surface area (Å²) in [5.41, 5.74) is 2.30. The lowest BCUT2D eigenvalue weighted by molar-refractivity contribution is -0.118. The molecule has 4 nitrogen and oxygen atoms in total. The number of anilines is 2. The van der Waals surface area contributed by atoms with Crippen molar-refractivity contribution in [1.29, 1.82) is 0 Å². The zero-order valence-electron chi connectivity index (χ0n) is 16.0.